The lowest BCUT2D eigenvalue weighted by molar-refractivity contribution is 0.0943. The maximum Gasteiger partial charge on any atom is 0.274 e. The van der Waals surface area contributed by atoms with Gasteiger partial charge in [-0.3, -0.25) is 14.3 Å². The zero-order valence-corrected chi connectivity index (χ0v) is 13.3. The monoisotopic (exact) mass is 342 g/mol. The minimum absolute atomic E-state index is 0.0545. The van der Waals surface area contributed by atoms with Gasteiger partial charge in [0.25, 0.3) is 11.8 Å². The van der Waals surface area contributed by atoms with Crippen molar-refractivity contribution in [2.75, 3.05) is 5.32 Å². The summed E-state index contributed by atoms with van der Waals surface area (Å²) < 4.78 is 19.8. The van der Waals surface area contributed by atoms with Crippen LogP contribution >= 0.6 is 0 Å². The molecule has 1 aromatic carbocycles. The average molecular weight is 342 g/mol. The lowest BCUT2D eigenvalue weighted by Crippen LogP contribution is -2.25. The van der Waals surface area contributed by atoms with E-state index in [9.17, 15) is 14.0 Å². The predicted molar refractivity (Wildman–Crippen MR) is 87.4 cm³/mol. The van der Waals surface area contributed by atoms with Gasteiger partial charge >= 0.3 is 0 Å². The number of rotatable bonds is 5. The number of nitrogens with zero attached hydrogens (tertiary/aromatic N) is 2. The number of carbonyl (C=O) groups is 2. The number of aromatic nitrogens is 2. The molecule has 25 heavy (non-hydrogen) atoms. The van der Waals surface area contributed by atoms with E-state index >= 15 is 0 Å². The van der Waals surface area contributed by atoms with Gasteiger partial charge in [0.15, 0.2) is 5.69 Å². The molecule has 0 fully saturated rings. The van der Waals surface area contributed by atoms with Gasteiger partial charge in [-0.25, -0.2) is 4.39 Å². The van der Waals surface area contributed by atoms with Crippen molar-refractivity contribution in [1.82, 2.24) is 15.1 Å². The maximum atomic E-state index is 13.2. The number of anilines is 1. The fourth-order valence-electron chi connectivity index (χ4n) is 2.24. The van der Waals surface area contributed by atoms with E-state index in [1.165, 1.54) is 35.3 Å². The summed E-state index contributed by atoms with van der Waals surface area (Å²) in [6.07, 6.45) is 3.01. The molecular formula is C17H15FN4O3. The van der Waals surface area contributed by atoms with Crippen LogP contribution in [0, 0.1) is 5.82 Å². The van der Waals surface area contributed by atoms with Gasteiger partial charge in [-0.2, -0.15) is 5.10 Å². The summed E-state index contributed by atoms with van der Waals surface area (Å²) in [4.78, 5) is 24.5. The quantitative estimate of drug-likeness (QED) is 0.745. The van der Waals surface area contributed by atoms with Crippen LogP contribution in [0.15, 0.2) is 53.3 Å². The van der Waals surface area contributed by atoms with E-state index in [2.05, 4.69) is 15.7 Å². The van der Waals surface area contributed by atoms with Crippen molar-refractivity contribution >= 4 is 17.5 Å². The molecular weight excluding hydrogens is 327 g/mol. The van der Waals surface area contributed by atoms with Crippen LogP contribution in [0.3, 0.4) is 0 Å². The van der Waals surface area contributed by atoms with Crippen LogP contribution in [0.25, 0.3) is 0 Å². The van der Waals surface area contributed by atoms with Crippen LogP contribution in [-0.4, -0.2) is 21.6 Å². The van der Waals surface area contributed by atoms with Crippen molar-refractivity contribution in [2.45, 2.75) is 6.54 Å². The Bertz CT molecular complexity index is 903. The van der Waals surface area contributed by atoms with Crippen molar-refractivity contribution in [3.05, 3.63) is 71.7 Å². The largest absolute Gasteiger partial charge is 0.467 e. The van der Waals surface area contributed by atoms with Gasteiger partial charge in [-0.15, -0.1) is 0 Å². The van der Waals surface area contributed by atoms with Crippen LogP contribution in [0.1, 0.15) is 26.6 Å². The number of carbonyl (C=O) groups excluding carboxylic acids is 2. The third-order valence-corrected chi connectivity index (χ3v) is 3.38. The predicted octanol–water partition coefficient (Wildman–Crippen LogP) is 2.33. The number of hydrogen-bond donors (Lipinski definition) is 2. The molecule has 0 radical (unpaired) electrons. The van der Waals surface area contributed by atoms with Crippen molar-refractivity contribution in [3.63, 3.8) is 0 Å². The van der Waals surface area contributed by atoms with Crippen LogP contribution < -0.4 is 10.6 Å². The molecule has 2 N–H and O–H groups in total. The first-order valence-electron chi connectivity index (χ1n) is 7.44. The Labute approximate surface area is 142 Å². The summed E-state index contributed by atoms with van der Waals surface area (Å²) in [6.45, 7) is 0.194. The zero-order valence-electron chi connectivity index (χ0n) is 13.3. The molecule has 7 nitrogen and oxygen atoms in total. The highest BCUT2D eigenvalue weighted by Crippen LogP contribution is 2.15. The molecule has 3 aromatic rings. The van der Waals surface area contributed by atoms with Gasteiger partial charge in [-0.05, 0) is 30.3 Å². The van der Waals surface area contributed by atoms with E-state index in [1.807, 2.05) is 0 Å². The highest BCUT2D eigenvalue weighted by atomic mass is 19.1. The first kappa shape index (κ1) is 16.4. The zero-order chi connectivity index (χ0) is 17.8. The first-order chi connectivity index (χ1) is 12.0. The minimum atomic E-state index is -0.535. The van der Waals surface area contributed by atoms with Gasteiger partial charge in [0.05, 0.1) is 18.5 Å². The highest BCUT2D eigenvalue weighted by Gasteiger charge is 2.19. The third kappa shape index (κ3) is 3.92. The standard InChI is InChI=1S/C17H15FN4O3/c1-22-10-14(20-16(23)11-4-2-5-12(18)8-11)15(21-22)17(24)19-9-13-6-3-7-25-13/h2-8,10H,9H2,1H3,(H,19,24)(H,20,23). The first-order valence-corrected chi connectivity index (χ1v) is 7.44. The Morgan fingerprint density at radius 3 is 2.80 bits per heavy atom. The molecule has 3 rings (SSSR count). The number of furan rings is 1. The molecule has 0 saturated carbocycles. The van der Waals surface area contributed by atoms with E-state index in [0.29, 0.717) is 5.76 Å². The normalized spacial score (nSPS) is 10.5. The molecule has 128 valence electrons. The number of aryl methyl sites for hydroxylation is 1. The van der Waals surface area contributed by atoms with Crippen molar-refractivity contribution < 1.29 is 18.4 Å². The van der Waals surface area contributed by atoms with Crippen LogP contribution in [0.4, 0.5) is 10.1 Å². The van der Waals surface area contributed by atoms with Crippen molar-refractivity contribution in [2.24, 2.45) is 7.05 Å². The summed E-state index contributed by atoms with van der Waals surface area (Å²) in [5.41, 5.74) is 0.429. The number of halogens is 1. The lowest BCUT2D eigenvalue weighted by atomic mass is 10.2. The number of benzene rings is 1. The summed E-state index contributed by atoms with van der Waals surface area (Å²) in [5, 5.41) is 9.29. The Morgan fingerprint density at radius 1 is 1.24 bits per heavy atom. The van der Waals surface area contributed by atoms with Crippen LogP contribution in [0.5, 0.6) is 0 Å². The fraction of sp³-hybridized carbons (Fsp3) is 0.118. The molecule has 2 heterocycles. The molecule has 0 saturated heterocycles. The van der Waals surface area contributed by atoms with E-state index in [1.54, 1.807) is 19.2 Å². The molecule has 0 bridgehead atoms. The summed E-state index contributed by atoms with van der Waals surface area (Å²) in [5.74, 6) is -0.927. The van der Waals surface area contributed by atoms with E-state index < -0.39 is 17.6 Å². The molecule has 0 atom stereocenters. The molecule has 2 aromatic heterocycles. The Morgan fingerprint density at radius 2 is 2.08 bits per heavy atom. The second-order valence-corrected chi connectivity index (χ2v) is 5.29. The summed E-state index contributed by atoms with van der Waals surface area (Å²) in [7, 11) is 1.63. The number of hydrogen-bond acceptors (Lipinski definition) is 4. The van der Waals surface area contributed by atoms with Crippen LogP contribution in [0.2, 0.25) is 0 Å². The van der Waals surface area contributed by atoms with Crippen LogP contribution in [-0.2, 0) is 13.6 Å². The maximum absolute atomic E-state index is 13.2. The smallest absolute Gasteiger partial charge is 0.274 e. The second kappa shape index (κ2) is 7.00. The topological polar surface area (TPSA) is 89.2 Å². The minimum Gasteiger partial charge on any atom is -0.467 e. The lowest BCUT2D eigenvalue weighted by Gasteiger charge is -2.06. The van der Waals surface area contributed by atoms with Crippen molar-refractivity contribution in [3.8, 4) is 0 Å². The van der Waals surface area contributed by atoms with Gasteiger partial charge in [-0.1, -0.05) is 6.07 Å². The molecule has 0 aliphatic heterocycles. The Balaban J connectivity index is 1.74. The third-order valence-electron chi connectivity index (χ3n) is 3.38. The fourth-order valence-corrected chi connectivity index (χ4v) is 2.24. The molecule has 8 heteroatoms. The van der Waals surface area contributed by atoms with Gasteiger partial charge in [0.1, 0.15) is 11.6 Å². The molecule has 0 aliphatic rings. The Hall–Kier alpha value is -3.42. The molecule has 0 unspecified atom stereocenters. The van der Waals surface area contributed by atoms with Gasteiger partial charge in [0.2, 0.25) is 0 Å². The average Bonchev–Trinajstić information content (AvgIpc) is 3.22. The van der Waals surface area contributed by atoms with E-state index in [0.717, 1.165) is 6.07 Å². The molecule has 0 aliphatic carbocycles. The summed E-state index contributed by atoms with van der Waals surface area (Å²) >= 11 is 0. The van der Waals surface area contributed by atoms with E-state index in [-0.39, 0.29) is 23.5 Å². The highest BCUT2D eigenvalue weighted by molar-refractivity contribution is 6.08. The molecule has 2 amide bonds. The Kier molecular flexibility index (Phi) is 4.60. The van der Waals surface area contributed by atoms with Gasteiger partial charge < -0.3 is 15.1 Å². The molecule has 0 spiro atoms. The van der Waals surface area contributed by atoms with E-state index in [4.69, 9.17) is 4.42 Å². The van der Waals surface area contributed by atoms with Gasteiger partial charge in [0, 0.05) is 18.8 Å². The number of nitrogens with one attached hydrogen (secondary N) is 2. The summed E-state index contributed by atoms with van der Waals surface area (Å²) in [6, 6.07) is 8.71. The number of amides is 2. The van der Waals surface area contributed by atoms with Crippen molar-refractivity contribution in [1.29, 1.82) is 0 Å². The second-order valence-electron chi connectivity index (χ2n) is 5.29. The SMILES string of the molecule is Cn1cc(NC(=O)c2cccc(F)c2)c(C(=O)NCc2ccco2)n1.